The van der Waals surface area contributed by atoms with Crippen LogP contribution in [0.1, 0.15) is 0 Å². The van der Waals surface area contributed by atoms with Crippen molar-refractivity contribution in [3.05, 3.63) is 30.1 Å². The molecule has 2 heterocycles. The molecule has 108 valence electrons. The predicted molar refractivity (Wildman–Crippen MR) is 72.7 cm³/mol. The number of halogens is 1. The monoisotopic (exact) mass is 290 g/mol. The number of nitrogens with one attached hydrogen (secondary N) is 2. The van der Waals surface area contributed by atoms with Crippen molar-refractivity contribution in [1.82, 2.24) is 20.3 Å². The molecule has 2 aromatic heterocycles. The second-order valence-electron chi connectivity index (χ2n) is 4.09. The largest absolute Gasteiger partial charge is 0.395 e. The molecular formula is C12H11FN6O2. The first-order chi connectivity index (χ1) is 10.3. The van der Waals surface area contributed by atoms with Gasteiger partial charge in [-0.25, -0.2) is 19.0 Å². The number of aliphatic hydroxyl groups is 1. The van der Waals surface area contributed by atoms with Crippen LogP contribution in [0.2, 0.25) is 0 Å². The van der Waals surface area contributed by atoms with E-state index in [2.05, 4.69) is 35.5 Å². The van der Waals surface area contributed by atoms with Crippen molar-refractivity contribution >= 4 is 28.6 Å². The lowest BCUT2D eigenvalue weighted by Gasteiger charge is -2.11. The number of fused-ring (bicyclic) bond motifs is 1. The molecule has 0 bridgehead atoms. The van der Waals surface area contributed by atoms with E-state index in [-0.39, 0.29) is 36.0 Å². The minimum Gasteiger partial charge on any atom is -0.395 e. The highest BCUT2D eigenvalue weighted by Gasteiger charge is 2.13. The van der Waals surface area contributed by atoms with E-state index in [0.717, 1.165) is 0 Å². The summed E-state index contributed by atoms with van der Waals surface area (Å²) in [6, 6.07) is 6.17. The summed E-state index contributed by atoms with van der Waals surface area (Å²) in [5.41, 5.74) is 0.660. The highest BCUT2D eigenvalue weighted by Crippen LogP contribution is 2.24. The van der Waals surface area contributed by atoms with Crippen LogP contribution >= 0.6 is 0 Å². The smallest absolute Gasteiger partial charge is 0.245 e. The Hall–Kier alpha value is -2.81. The molecular weight excluding hydrogens is 279 g/mol. The van der Waals surface area contributed by atoms with E-state index in [9.17, 15) is 4.39 Å². The summed E-state index contributed by atoms with van der Waals surface area (Å²) >= 11 is 0. The Kier molecular flexibility index (Phi) is 3.56. The molecule has 0 unspecified atom stereocenters. The minimum absolute atomic E-state index is 0.0874. The van der Waals surface area contributed by atoms with Crippen molar-refractivity contribution in [2.45, 2.75) is 0 Å². The molecule has 0 aliphatic rings. The van der Waals surface area contributed by atoms with Gasteiger partial charge in [-0.05, 0) is 22.4 Å². The number of aromatic nitrogens is 4. The summed E-state index contributed by atoms with van der Waals surface area (Å²) in [6.07, 6.45) is 0. The third kappa shape index (κ3) is 2.72. The van der Waals surface area contributed by atoms with Gasteiger partial charge in [0.15, 0.2) is 11.6 Å². The van der Waals surface area contributed by atoms with Crippen molar-refractivity contribution < 1.29 is 14.1 Å². The second kappa shape index (κ2) is 5.67. The van der Waals surface area contributed by atoms with Crippen molar-refractivity contribution in [3.8, 4) is 0 Å². The first-order valence-electron chi connectivity index (χ1n) is 6.14. The van der Waals surface area contributed by atoms with E-state index in [4.69, 9.17) is 5.11 Å². The zero-order valence-electron chi connectivity index (χ0n) is 10.7. The molecule has 3 N–H and O–H groups in total. The van der Waals surface area contributed by atoms with Gasteiger partial charge in [0, 0.05) is 6.54 Å². The van der Waals surface area contributed by atoms with Crippen LogP contribution in [0.4, 0.5) is 21.7 Å². The van der Waals surface area contributed by atoms with Gasteiger partial charge >= 0.3 is 0 Å². The molecule has 0 amide bonds. The van der Waals surface area contributed by atoms with E-state index in [0.29, 0.717) is 5.82 Å². The molecule has 9 heteroatoms. The number of hydrogen-bond acceptors (Lipinski definition) is 8. The van der Waals surface area contributed by atoms with Gasteiger partial charge in [-0.1, -0.05) is 12.1 Å². The third-order valence-electron chi connectivity index (χ3n) is 2.65. The maximum Gasteiger partial charge on any atom is 0.245 e. The van der Waals surface area contributed by atoms with Crippen LogP contribution in [0.15, 0.2) is 28.9 Å². The average Bonchev–Trinajstić information content (AvgIpc) is 2.94. The van der Waals surface area contributed by atoms with Crippen molar-refractivity contribution in [2.24, 2.45) is 0 Å². The summed E-state index contributed by atoms with van der Waals surface area (Å²) < 4.78 is 18.2. The molecule has 0 radical (unpaired) electrons. The number of para-hydroxylation sites is 1. The molecule has 0 aliphatic heterocycles. The molecule has 3 aromatic rings. The van der Waals surface area contributed by atoms with Crippen LogP contribution in [0.25, 0.3) is 11.3 Å². The van der Waals surface area contributed by atoms with Crippen LogP contribution in [0.3, 0.4) is 0 Å². The number of aliphatic hydroxyl groups excluding tert-OH is 1. The summed E-state index contributed by atoms with van der Waals surface area (Å²) in [4.78, 5) is 8.33. The van der Waals surface area contributed by atoms with Crippen molar-refractivity contribution in [3.63, 3.8) is 0 Å². The second-order valence-corrected chi connectivity index (χ2v) is 4.09. The number of anilines is 3. The molecule has 8 nitrogen and oxygen atoms in total. The maximum absolute atomic E-state index is 13.7. The molecule has 0 saturated heterocycles. The highest BCUT2D eigenvalue weighted by molar-refractivity contribution is 5.76. The first-order valence-corrected chi connectivity index (χ1v) is 6.14. The standard InChI is InChI=1S/C12H11FN6O2/c13-7-3-1-2-4-8(7)15-10-9(14-5-6-20)16-11-12(17-10)19-21-18-11/h1-4,20H,5-6H2,(H,14,16,18)(H,15,17,19). The molecule has 0 atom stereocenters. The fourth-order valence-corrected chi connectivity index (χ4v) is 1.71. The SMILES string of the molecule is OCCNc1nc2nonc2nc1Nc1ccccc1F. The summed E-state index contributed by atoms with van der Waals surface area (Å²) in [6.45, 7) is 0.174. The topological polar surface area (TPSA) is 109 Å². The predicted octanol–water partition coefficient (Wildman–Crippen LogP) is 1.30. The number of benzene rings is 1. The zero-order valence-corrected chi connectivity index (χ0v) is 10.7. The molecule has 0 spiro atoms. The number of rotatable bonds is 5. The van der Waals surface area contributed by atoms with E-state index in [1.54, 1.807) is 18.2 Å². The summed E-state index contributed by atoms with van der Waals surface area (Å²) in [7, 11) is 0. The normalized spacial score (nSPS) is 10.8. The van der Waals surface area contributed by atoms with Gasteiger partial charge in [-0.3, -0.25) is 0 Å². The summed E-state index contributed by atoms with van der Waals surface area (Å²) in [5.74, 6) is 0.151. The Morgan fingerprint density at radius 3 is 2.52 bits per heavy atom. The van der Waals surface area contributed by atoms with Gasteiger partial charge in [0.2, 0.25) is 11.3 Å². The van der Waals surface area contributed by atoms with Gasteiger partial charge < -0.3 is 15.7 Å². The number of nitrogens with zero attached hydrogens (tertiary/aromatic N) is 4. The van der Waals surface area contributed by atoms with E-state index in [1.807, 2.05) is 0 Å². The Morgan fingerprint density at radius 2 is 1.81 bits per heavy atom. The lowest BCUT2D eigenvalue weighted by molar-refractivity contribution is 0.311. The Morgan fingerprint density at radius 1 is 1.10 bits per heavy atom. The Balaban J connectivity index is 2.00. The maximum atomic E-state index is 13.7. The zero-order chi connectivity index (χ0) is 14.7. The van der Waals surface area contributed by atoms with Crippen LogP contribution in [0.5, 0.6) is 0 Å². The van der Waals surface area contributed by atoms with Gasteiger partial charge in [0.05, 0.1) is 12.3 Å². The number of hydrogen-bond donors (Lipinski definition) is 3. The van der Waals surface area contributed by atoms with Crippen LogP contribution in [-0.4, -0.2) is 38.5 Å². The Bertz CT molecular complexity index is 762. The lowest BCUT2D eigenvalue weighted by Crippen LogP contribution is -2.10. The lowest BCUT2D eigenvalue weighted by atomic mass is 10.3. The molecule has 1 aromatic carbocycles. The highest BCUT2D eigenvalue weighted by atomic mass is 19.1. The van der Waals surface area contributed by atoms with Gasteiger partial charge in [0.1, 0.15) is 5.82 Å². The van der Waals surface area contributed by atoms with Gasteiger partial charge in [-0.15, -0.1) is 0 Å². The van der Waals surface area contributed by atoms with E-state index < -0.39 is 5.82 Å². The molecule has 21 heavy (non-hydrogen) atoms. The summed E-state index contributed by atoms with van der Waals surface area (Å²) in [5, 5.41) is 21.8. The third-order valence-corrected chi connectivity index (χ3v) is 2.65. The van der Waals surface area contributed by atoms with Crippen LogP contribution in [0, 0.1) is 5.82 Å². The quantitative estimate of drug-likeness (QED) is 0.645. The van der Waals surface area contributed by atoms with Crippen LogP contribution in [-0.2, 0) is 0 Å². The van der Waals surface area contributed by atoms with E-state index >= 15 is 0 Å². The minimum atomic E-state index is -0.425. The molecule has 0 aliphatic carbocycles. The average molecular weight is 290 g/mol. The van der Waals surface area contributed by atoms with Gasteiger partial charge in [0.25, 0.3) is 0 Å². The fraction of sp³-hybridized carbons (Fsp3) is 0.167. The Labute approximate surface area is 118 Å². The van der Waals surface area contributed by atoms with Crippen molar-refractivity contribution in [2.75, 3.05) is 23.8 Å². The molecule has 0 fully saturated rings. The van der Waals surface area contributed by atoms with Gasteiger partial charge in [-0.2, -0.15) is 0 Å². The fourth-order valence-electron chi connectivity index (χ4n) is 1.71. The van der Waals surface area contributed by atoms with E-state index in [1.165, 1.54) is 6.07 Å². The van der Waals surface area contributed by atoms with Crippen molar-refractivity contribution in [1.29, 1.82) is 0 Å². The first kappa shape index (κ1) is 13.2. The van der Waals surface area contributed by atoms with Crippen LogP contribution < -0.4 is 10.6 Å². The molecule has 0 saturated carbocycles. The molecule has 3 rings (SSSR count).